The van der Waals surface area contributed by atoms with Crippen molar-refractivity contribution in [2.45, 2.75) is 0 Å². The van der Waals surface area contributed by atoms with Gasteiger partial charge in [-0.25, -0.2) is 15.0 Å². The fourth-order valence-electron chi connectivity index (χ4n) is 4.93. The maximum Gasteiger partial charge on any atom is 0.223 e. The summed E-state index contributed by atoms with van der Waals surface area (Å²) in [6.07, 6.45) is 0. The Morgan fingerprint density at radius 2 is 0.633 bits per heavy atom. The summed E-state index contributed by atoms with van der Waals surface area (Å²) >= 11 is 0. The van der Waals surface area contributed by atoms with Crippen LogP contribution in [0.1, 0.15) is 0 Å². The van der Waals surface area contributed by atoms with E-state index in [0.29, 0.717) is 32.3 Å². The summed E-state index contributed by atoms with van der Waals surface area (Å²) in [6.45, 7) is 0. The molecule has 4 aromatic carbocycles. The summed E-state index contributed by atoms with van der Waals surface area (Å²) in [6, 6.07) is 3.91. The first-order chi connectivity index (χ1) is 14.4. The zero-order valence-corrected chi connectivity index (χ0v) is 14.8. The number of aromatic hydroxyl groups is 6. The monoisotopic (exact) mass is 399 g/mol. The Kier molecular flexibility index (Phi) is 2.25. The minimum atomic E-state index is -0.449. The molecule has 0 radical (unpaired) electrons. The topological polar surface area (TPSA) is 160 Å². The molecule has 0 fully saturated rings. The highest BCUT2D eigenvalue weighted by atomic mass is 16.3. The van der Waals surface area contributed by atoms with Crippen molar-refractivity contribution < 1.29 is 30.6 Å². The Labute approximate surface area is 164 Å². The van der Waals surface area contributed by atoms with Crippen LogP contribution in [0.4, 0.5) is 0 Å². The molecule has 0 bridgehead atoms. The zero-order valence-electron chi connectivity index (χ0n) is 14.8. The van der Waals surface area contributed by atoms with Gasteiger partial charge in [0.05, 0.1) is 32.7 Å². The second-order valence-corrected chi connectivity index (χ2v) is 7.43. The number of phenolic OH excluding ortho intramolecular Hbond substituents is 3. The first kappa shape index (κ1) is 15.4. The standard InChI is InChI=1S/C21H9N3O6/c25-7-1-4-10-16-11-5(23-19(28)13(7)16)2-9(27)15-18(11)12-6(24-21(15)30)3-8(26)14(17(10)12)20(29)22-4/h1-3,25-27H,(H,22,29)(H,23,28)(H,24,30). The largest absolute Gasteiger partial charge is 0.507 e. The number of benzene rings is 4. The Bertz CT molecular complexity index is 1540. The van der Waals surface area contributed by atoms with Crippen molar-refractivity contribution in [2.75, 3.05) is 0 Å². The van der Waals surface area contributed by atoms with Gasteiger partial charge in [-0.05, 0) is 0 Å². The van der Waals surface area contributed by atoms with Crippen LogP contribution in [0, 0.1) is 0 Å². The molecule has 0 aliphatic carbocycles. The van der Waals surface area contributed by atoms with Crippen LogP contribution >= 0.6 is 0 Å². The number of pyridine rings is 3. The summed E-state index contributed by atoms with van der Waals surface area (Å²) in [7, 11) is 0. The van der Waals surface area contributed by atoms with Crippen molar-refractivity contribution in [1.82, 2.24) is 15.0 Å². The second kappa shape index (κ2) is 4.38. The highest BCUT2D eigenvalue weighted by molar-refractivity contribution is 6.45. The molecule has 0 spiro atoms. The summed E-state index contributed by atoms with van der Waals surface area (Å²) in [5.74, 6) is -2.24. The predicted molar refractivity (Wildman–Crippen MR) is 108 cm³/mol. The molecule has 9 nitrogen and oxygen atoms in total. The van der Waals surface area contributed by atoms with Crippen LogP contribution in [0.3, 0.4) is 0 Å². The van der Waals surface area contributed by atoms with Gasteiger partial charge in [-0.2, -0.15) is 0 Å². The smallest absolute Gasteiger partial charge is 0.223 e. The van der Waals surface area contributed by atoms with Crippen LogP contribution in [0.15, 0.2) is 18.2 Å². The van der Waals surface area contributed by atoms with E-state index in [-0.39, 0.29) is 50.0 Å². The molecule has 0 saturated heterocycles. The summed E-state index contributed by atoms with van der Waals surface area (Å²) in [4.78, 5) is 12.4. The van der Waals surface area contributed by atoms with Crippen molar-refractivity contribution in [3.8, 4) is 34.9 Å². The lowest BCUT2D eigenvalue weighted by Crippen LogP contribution is -1.98. The molecule has 0 aliphatic rings. The van der Waals surface area contributed by atoms with Crippen LogP contribution in [-0.2, 0) is 0 Å². The molecule has 7 rings (SSSR count). The van der Waals surface area contributed by atoms with Crippen LogP contribution in [0.25, 0.3) is 65.0 Å². The third-order valence-electron chi connectivity index (χ3n) is 5.96. The van der Waals surface area contributed by atoms with Gasteiger partial charge in [0.15, 0.2) is 0 Å². The van der Waals surface area contributed by atoms with Crippen molar-refractivity contribution in [3.63, 3.8) is 0 Å². The van der Waals surface area contributed by atoms with Crippen LogP contribution in [0.2, 0.25) is 0 Å². The quantitative estimate of drug-likeness (QED) is 0.166. The van der Waals surface area contributed by atoms with E-state index in [2.05, 4.69) is 15.0 Å². The third kappa shape index (κ3) is 1.42. The fourth-order valence-corrected chi connectivity index (χ4v) is 4.93. The number of phenols is 3. The fraction of sp³-hybridized carbons (Fsp3) is 0. The first-order valence-electron chi connectivity index (χ1n) is 8.92. The van der Waals surface area contributed by atoms with E-state index in [0.717, 1.165) is 0 Å². The lowest BCUT2D eigenvalue weighted by atomic mass is 9.86. The molecule has 0 unspecified atom stereocenters. The van der Waals surface area contributed by atoms with E-state index in [1.54, 1.807) is 0 Å². The first-order valence-corrected chi connectivity index (χ1v) is 8.92. The number of aromatic nitrogens is 3. The van der Waals surface area contributed by atoms with Gasteiger partial charge in [0.25, 0.3) is 0 Å². The van der Waals surface area contributed by atoms with Gasteiger partial charge >= 0.3 is 0 Å². The summed E-state index contributed by atoms with van der Waals surface area (Å²) < 4.78 is 0. The molecule has 9 heteroatoms. The van der Waals surface area contributed by atoms with Gasteiger partial charge in [-0.15, -0.1) is 0 Å². The van der Waals surface area contributed by atoms with Gasteiger partial charge in [-0.1, -0.05) is 0 Å². The number of hydrogen-bond donors (Lipinski definition) is 6. The van der Waals surface area contributed by atoms with Gasteiger partial charge in [-0.3, -0.25) is 0 Å². The molecule has 0 atom stereocenters. The second-order valence-electron chi connectivity index (χ2n) is 7.43. The predicted octanol–water partition coefficient (Wildman–Crippen LogP) is 3.34. The average Bonchev–Trinajstić information content (AvgIpc) is 2.65. The third-order valence-corrected chi connectivity index (χ3v) is 5.96. The van der Waals surface area contributed by atoms with Crippen molar-refractivity contribution in [3.05, 3.63) is 18.2 Å². The van der Waals surface area contributed by atoms with E-state index in [1.165, 1.54) is 18.2 Å². The Hall–Kier alpha value is -4.53. The van der Waals surface area contributed by atoms with Crippen molar-refractivity contribution in [1.29, 1.82) is 0 Å². The van der Waals surface area contributed by atoms with E-state index in [9.17, 15) is 30.6 Å². The van der Waals surface area contributed by atoms with E-state index in [1.807, 2.05) is 0 Å². The zero-order chi connectivity index (χ0) is 20.6. The van der Waals surface area contributed by atoms with E-state index in [4.69, 9.17) is 0 Å². The SMILES string of the molecule is Oc1cc2nc(O)c3c(O)cc4nc(O)c5c(O)cc6nc(O)c1c1c6c5c4c3c21. The molecule has 144 valence electrons. The molecule has 30 heavy (non-hydrogen) atoms. The number of nitrogens with zero attached hydrogens (tertiary/aromatic N) is 3. The van der Waals surface area contributed by atoms with Crippen molar-refractivity contribution >= 4 is 65.0 Å². The van der Waals surface area contributed by atoms with E-state index >= 15 is 0 Å². The molecule has 3 aromatic heterocycles. The highest BCUT2D eigenvalue weighted by Gasteiger charge is 2.29. The van der Waals surface area contributed by atoms with Crippen LogP contribution < -0.4 is 0 Å². The highest BCUT2D eigenvalue weighted by Crippen LogP contribution is 2.55. The number of hydrogen-bond acceptors (Lipinski definition) is 9. The van der Waals surface area contributed by atoms with Gasteiger partial charge < -0.3 is 30.6 Å². The summed E-state index contributed by atoms with van der Waals surface area (Å²) in [5.41, 5.74) is 0.719. The lowest BCUT2D eigenvalue weighted by molar-refractivity contribution is 0.450. The Morgan fingerprint density at radius 1 is 0.367 bits per heavy atom. The van der Waals surface area contributed by atoms with Gasteiger partial charge in [0.1, 0.15) is 17.2 Å². The molecule has 0 amide bonds. The normalized spacial score (nSPS) is 12.8. The lowest BCUT2D eigenvalue weighted by Gasteiger charge is -2.21. The minimum Gasteiger partial charge on any atom is -0.507 e. The molecule has 0 aliphatic heterocycles. The molecule has 6 N–H and O–H groups in total. The number of rotatable bonds is 0. The molecule has 0 saturated carbocycles. The maximum atomic E-state index is 10.6. The van der Waals surface area contributed by atoms with Crippen molar-refractivity contribution in [2.24, 2.45) is 0 Å². The summed E-state index contributed by atoms with van der Waals surface area (Å²) in [5, 5.41) is 66.2. The Balaban J connectivity index is 2.08. The maximum absolute atomic E-state index is 10.6. The van der Waals surface area contributed by atoms with E-state index < -0.39 is 17.6 Å². The molecule has 7 aromatic rings. The Morgan fingerprint density at radius 3 is 0.900 bits per heavy atom. The van der Waals surface area contributed by atoms with Crippen LogP contribution in [-0.4, -0.2) is 45.6 Å². The van der Waals surface area contributed by atoms with Gasteiger partial charge in [0.2, 0.25) is 17.6 Å². The minimum absolute atomic E-state index is 0.0641. The average molecular weight is 399 g/mol. The molecule has 3 heterocycles. The molecular formula is C21H9N3O6. The van der Waals surface area contributed by atoms with Crippen LogP contribution in [0.5, 0.6) is 34.9 Å². The molecular weight excluding hydrogens is 390 g/mol. The van der Waals surface area contributed by atoms with Gasteiger partial charge in [0, 0.05) is 50.5 Å².